The van der Waals surface area contributed by atoms with Crippen molar-refractivity contribution in [1.82, 2.24) is 0 Å². The van der Waals surface area contributed by atoms with Crippen molar-refractivity contribution in [3.8, 4) is 11.5 Å². The molecule has 2 N–H and O–H groups in total. The molecule has 0 unspecified atom stereocenters. The summed E-state index contributed by atoms with van der Waals surface area (Å²) in [5, 5.41) is 5.27. The minimum Gasteiger partial charge on any atom is -0.493 e. The highest BCUT2D eigenvalue weighted by atomic mass is 16.5. The Bertz CT molecular complexity index is 686. The zero-order chi connectivity index (χ0) is 15.9. The molecule has 6 heteroatoms. The van der Waals surface area contributed by atoms with Crippen LogP contribution in [0.1, 0.15) is 10.4 Å². The third-order valence-corrected chi connectivity index (χ3v) is 2.99. The van der Waals surface area contributed by atoms with Gasteiger partial charge in [0.1, 0.15) is 0 Å². The number of anilines is 2. The number of benzene rings is 2. The molecule has 0 atom stereocenters. The summed E-state index contributed by atoms with van der Waals surface area (Å²) in [6.07, 6.45) is 0.561. The van der Waals surface area contributed by atoms with Gasteiger partial charge < -0.3 is 20.1 Å². The predicted octanol–water partition coefficient (Wildman–Crippen LogP) is 2.52. The molecule has 22 heavy (non-hydrogen) atoms. The summed E-state index contributed by atoms with van der Waals surface area (Å²) >= 11 is 0. The molecule has 0 radical (unpaired) electrons. The quantitative estimate of drug-likeness (QED) is 0.804. The zero-order valence-corrected chi connectivity index (χ0v) is 12.3. The lowest BCUT2D eigenvalue weighted by molar-refractivity contribution is -0.105. The first-order valence-corrected chi connectivity index (χ1v) is 6.51. The SMILES string of the molecule is COc1ccc(NC(=O)c2cccc(NC=O)c2)cc1OC. The summed E-state index contributed by atoms with van der Waals surface area (Å²) in [4.78, 5) is 22.7. The minimum atomic E-state index is -0.290. The number of hydrogen-bond donors (Lipinski definition) is 2. The van der Waals surface area contributed by atoms with Gasteiger partial charge in [-0.3, -0.25) is 9.59 Å². The lowest BCUT2D eigenvalue weighted by atomic mass is 10.2. The van der Waals surface area contributed by atoms with E-state index in [2.05, 4.69) is 10.6 Å². The third-order valence-electron chi connectivity index (χ3n) is 2.99. The fourth-order valence-electron chi connectivity index (χ4n) is 1.94. The van der Waals surface area contributed by atoms with Crippen molar-refractivity contribution in [2.24, 2.45) is 0 Å². The summed E-state index contributed by atoms with van der Waals surface area (Å²) in [6, 6.07) is 11.7. The van der Waals surface area contributed by atoms with Crippen LogP contribution in [0.5, 0.6) is 11.5 Å². The standard InChI is InChI=1S/C16H16N2O4/c1-21-14-7-6-13(9-15(14)22-2)18-16(20)11-4-3-5-12(8-11)17-10-19/h3-10H,1-2H3,(H,17,19)(H,18,20). The summed E-state index contributed by atoms with van der Waals surface area (Å²) in [6.45, 7) is 0. The molecule has 0 saturated heterocycles. The second kappa shape index (κ2) is 7.12. The Morgan fingerprint density at radius 2 is 1.77 bits per heavy atom. The molecule has 0 bridgehead atoms. The van der Waals surface area contributed by atoms with Crippen LogP contribution in [0.3, 0.4) is 0 Å². The first-order valence-electron chi connectivity index (χ1n) is 6.51. The third kappa shape index (κ3) is 3.54. The number of nitrogens with one attached hydrogen (secondary N) is 2. The number of rotatable bonds is 6. The first kappa shape index (κ1) is 15.4. The normalized spacial score (nSPS) is 9.73. The topological polar surface area (TPSA) is 76.7 Å². The van der Waals surface area contributed by atoms with Crippen molar-refractivity contribution >= 4 is 23.7 Å². The number of amides is 2. The summed E-state index contributed by atoms with van der Waals surface area (Å²) in [7, 11) is 3.07. The summed E-state index contributed by atoms with van der Waals surface area (Å²) < 4.78 is 10.3. The van der Waals surface area contributed by atoms with E-state index in [1.54, 1.807) is 49.6 Å². The Hall–Kier alpha value is -3.02. The van der Waals surface area contributed by atoms with Crippen LogP contribution in [-0.2, 0) is 4.79 Å². The van der Waals surface area contributed by atoms with Crippen LogP contribution in [0.15, 0.2) is 42.5 Å². The molecular weight excluding hydrogens is 284 g/mol. The van der Waals surface area contributed by atoms with Gasteiger partial charge in [0, 0.05) is 23.0 Å². The number of methoxy groups -OCH3 is 2. The van der Waals surface area contributed by atoms with Crippen LogP contribution in [-0.4, -0.2) is 26.5 Å². The Morgan fingerprint density at radius 1 is 1.00 bits per heavy atom. The second-order valence-electron chi connectivity index (χ2n) is 4.37. The molecule has 0 aliphatic carbocycles. The van der Waals surface area contributed by atoms with E-state index in [0.29, 0.717) is 34.8 Å². The van der Waals surface area contributed by atoms with E-state index in [9.17, 15) is 9.59 Å². The van der Waals surface area contributed by atoms with Crippen molar-refractivity contribution in [2.75, 3.05) is 24.9 Å². The van der Waals surface area contributed by atoms with Crippen LogP contribution in [0.25, 0.3) is 0 Å². The molecular formula is C16H16N2O4. The molecule has 0 fully saturated rings. The monoisotopic (exact) mass is 300 g/mol. The molecule has 2 aromatic carbocycles. The van der Waals surface area contributed by atoms with E-state index in [0.717, 1.165) is 0 Å². The zero-order valence-electron chi connectivity index (χ0n) is 12.3. The lowest BCUT2D eigenvalue weighted by Crippen LogP contribution is -2.12. The summed E-state index contributed by atoms with van der Waals surface area (Å²) in [5.41, 5.74) is 1.56. The predicted molar refractivity (Wildman–Crippen MR) is 83.6 cm³/mol. The molecule has 0 aromatic heterocycles. The second-order valence-corrected chi connectivity index (χ2v) is 4.37. The highest BCUT2D eigenvalue weighted by Crippen LogP contribution is 2.29. The smallest absolute Gasteiger partial charge is 0.255 e. The fraction of sp³-hybridized carbons (Fsp3) is 0.125. The van der Waals surface area contributed by atoms with Gasteiger partial charge in [-0.25, -0.2) is 0 Å². The van der Waals surface area contributed by atoms with Gasteiger partial charge in [-0.05, 0) is 30.3 Å². The number of hydrogen-bond acceptors (Lipinski definition) is 4. The molecule has 0 aliphatic heterocycles. The van der Waals surface area contributed by atoms with Crippen LogP contribution in [0.2, 0.25) is 0 Å². The van der Waals surface area contributed by atoms with E-state index in [1.165, 1.54) is 7.11 Å². The number of carbonyl (C=O) groups is 2. The van der Waals surface area contributed by atoms with Gasteiger partial charge in [-0.2, -0.15) is 0 Å². The van der Waals surface area contributed by atoms with E-state index in [4.69, 9.17) is 9.47 Å². The van der Waals surface area contributed by atoms with Gasteiger partial charge in [0.25, 0.3) is 5.91 Å². The lowest BCUT2D eigenvalue weighted by Gasteiger charge is -2.11. The van der Waals surface area contributed by atoms with Gasteiger partial charge in [-0.1, -0.05) is 6.07 Å². The molecule has 6 nitrogen and oxygen atoms in total. The van der Waals surface area contributed by atoms with Crippen molar-refractivity contribution in [3.63, 3.8) is 0 Å². The average Bonchev–Trinajstić information content (AvgIpc) is 2.55. The van der Waals surface area contributed by atoms with Crippen LogP contribution in [0.4, 0.5) is 11.4 Å². The number of carbonyl (C=O) groups excluding carboxylic acids is 2. The maximum atomic E-state index is 12.2. The van der Waals surface area contributed by atoms with E-state index in [1.807, 2.05) is 0 Å². The Balaban J connectivity index is 2.18. The molecule has 2 rings (SSSR count). The van der Waals surface area contributed by atoms with E-state index in [-0.39, 0.29) is 5.91 Å². The van der Waals surface area contributed by atoms with E-state index < -0.39 is 0 Å². The minimum absolute atomic E-state index is 0.290. The summed E-state index contributed by atoms with van der Waals surface area (Å²) in [5.74, 6) is 0.816. The van der Waals surface area contributed by atoms with Crippen molar-refractivity contribution in [2.45, 2.75) is 0 Å². The molecule has 2 amide bonds. The maximum Gasteiger partial charge on any atom is 0.255 e. The van der Waals surface area contributed by atoms with Crippen molar-refractivity contribution in [3.05, 3.63) is 48.0 Å². The molecule has 0 heterocycles. The van der Waals surface area contributed by atoms with Crippen molar-refractivity contribution < 1.29 is 19.1 Å². The van der Waals surface area contributed by atoms with Gasteiger partial charge in [-0.15, -0.1) is 0 Å². The molecule has 114 valence electrons. The largest absolute Gasteiger partial charge is 0.493 e. The molecule has 0 saturated carbocycles. The Morgan fingerprint density at radius 3 is 2.45 bits per heavy atom. The van der Waals surface area contributed by atoms with Gasteiger partial charge >= 0.3 is 0 Å². The highest BCUT2D eigenvalue weighted by molar-refractivity contribution is 6.05. The molecule has 2 aromatic rings. The van der Waals surface area contributed by atoms with E-state index >= 15 is 0 Å². The Labute approximate surface area is 128 Å². The fourth-order valence-corrected chi connectivity index (χ4v) is 1.94. The number of ether oxygens (including phenoxy) is 2. The molecule has 0 aliphatic rings. The maximum absolute atomic E-state index is 12.2. The van der Waals surface area contributed by atoms with Gasteiger partial charge in [0.2, 0.25) is 6.41 Å². The highest BCUT2D eigenvalue weighted by Gasteiger charge is 2.09. The average molecular weight is 300 g/mol. The van der Waals surface area contributed by atoms with Gasteiger partial charge in [0.15, 0.2) is 11.5 Å². The molecule has 0 spiro atoms. The van der Waals surface area contributed by atoms with Crippen molar-refractivity contribution in [1.29, 1.82) is 0 Å². The van der Waals surface area contributed by atoms with Crippen LogP contribution < -0.4 is 20.1 Å². The van der Waals surface area contributed by atoms with Gasteiger partial charge in [0.05, 0.1) is 14.2 Å². The Kier molecular flexibility index (Phi) is 4.98. The first-order chi connectivity index (χ1) is 10.7. The van der Waals surface area contributed by atoms with Crippen LogP contribution >= 0.6 is 0 Å². The van der Waals surface area contributed by atoms with Crippen LogP contribution in [0, 0.1) is 0 Å².